The topological polar surface area (TPSA) is 160 Å². The van der Waals surface area contributed by atoms with Gasteiger partial charge in [0.05, 0.1) is 23.3 Å². The largest absolute Gasteiger partial charge is 0.306 e. The molecule has 0 unspecified atom stereocenters. The summed E-state index contributed by atoms with van der Waals surface area (Å²) in [6.07, 6.45) is 28.5. The zero-order valence-corrected chi connectivity index (χ0v) is 58.5. The van der Waals surface area contributed by atoms with Gasteiger partial charge in [-0.2, -0.15) is 23.4 Å². The van der Waals surface area contributed by atoms with E-state index < -0.39 is 0 Å². The number of para-hydroxylation sites is 1. The Balaban J connectivity index is -0.000000291. The first-order valence-corrected chi connectivity index (χ1v) is 30.6. The molecule has 0 saturated heterocycles. The van der Waals surface area contributed by atoms with Crippen LogP contribution >= 0.6 is 0 Å². The Morgan fingerprint density at radius 2 is 0.588 bits per heavy atom. The van der Waals surface area contributed by atoms with Crippen LogP contribution < -0.4 is 23.4 Å². The first kappa shape index (κ1) is 85.3. The van der Waals surface area contributed by atoms with E-state index >= 15 is 0 Å². The molecule has 10 aromatic rings. The van der Waals surface area contributed by atoms with Gasteiger partial charge in [-0.25, -0.2) is 4.98 Å². The van der Waals surface area contributed by atoms with Gasteiger partial charge in [-0.05, 0) is 118 Å². The molecule has 0 atom stereocenters. The van der Waals surface area contributed by atoms with Crippen molar-refractivity contribution in [3.05, 3.63) is 189 Å². The molecule has 0 aliphatic rings. The lowest BCUT2D eigenvalue weighted by Gasteiger charge is -2.03. The summed E-state index contributed by atoms with van der Waals surface area (Å²) >= 11 is 0. The molecule has 0 aliphatic carbocycles. The van der Waals surface area contributed by atoms with Gasteiger partial charge in [0, 0.05) is 31.0 Å². The molecule has 85 heavy (non-hydrogen) atoms. The maximum atomic E-state index is 4.28. The van der Waals surface area contributed by atoms with Crippen LogP contribution in [0.5, 0.6) is 0 Å². The Labute approximate surface area is 515 Å². The zero-order chi connectivity index (χ0) is 66.3. The lowest BCUT2D eigenvalue weighted by molar-refractivity contribution is -0.745. The van der Waals surface area contributed by atoms with Crippen molar-refractivity contribution >= 4 is 0 Å². The molecule has 0 aliphatic heterocycles. The van der Waals surface area contributed by atoms with Crippen LogP contribution in [-0.2, 0) is 35.2 Å². The quantitative estimate of drug-likeness (QED) is 0.153. The highest BCUT2D eigenvalue weighted by molar-refractivity contribution is 5.38. The van der Waals surface area contributed by atoms with Crippen molar-refractivity contribution in [3.63, 3.8) is 0 Å². The van der Waals surface area contributed by atoms with E-state index in [0.29, 0.717) is 0 Å². The van der Waals surface area contributed by atoms with Crippen molar-refractivity contribution in [2.45, 2.75) is 173 Å². The molecule has 0 radical (unpaired) electrons. The number of hydrogen-bond acceptors (Lipinski definition) is 9. The fourth-order valence-corrected chi connectivity index (χ4v) is 6.44. The summed E-state index contributed by atoms with van der Waals surface area (Å²) in [5.41, 5.74) is 10.1. The van der Waals surface area contributed by atoms with E-state index in [9.17, 15) is 0 Å². The molecular formula is C66H116N19+5. The number of hydrogen-bond donors (Lipinski definition) is 0. The summed E-state index contributed by atoms with van der Waals surface area (Å²) in [5, 5.41) is 0. The van der Waals surface area contributed by atoms with Crippen LogP contribution in [0.3, 0.4) is 0 Å². The van der Waals surface area contributed by atoms with Gasteiger partial charge in [0.2, 0.25) is 31.6 Å². The van der Waals surface area contributed by atoms with Crippen LogP contribution in [0, 0.1) is 34.6 Å². The first-order valence-electron chi connectivity index (χ1n) is 30.6. The molecule has 9 aromatic heterocycles. The third-order valence-electron chi connectivity index (χ3n) is 10.0. The van der Waals surface area contributed by atoms with Gasteiger partial charge in [-0.1, -0.05) is 163 Å². The second-order valence-corrected chi connectivity index (χ2v) is 14.9. The van der Waals surface area contributed by atoms with Gasteiger partial charge >= 0.3 is 31.6 Å². The number of benzene rings is 1. The van der Waals surface area contributed by atoms with Gasteiger partial charge in [-0.3, -0.25) is 15.0 Å². The van der Waals surface area contributed by atoms with Crippen molar-refractivity contribution < 1.29 is 23.4 Å². The molecule has 0 fully saturated rings. The van der Waals surface area contributed by atoms with Gasteiger partial charge in [0.25, 0.3) is 0 Å². The molecule has 1 aromatic carbocycles. The molecule has 9 heterocycles. The van der Waals surface area contributed by atoms with E-state index in [-0.39, 0.29) is 0 Å². The van der Waals surface area contributed by atoms with Crippen LogP contribution in [0.2, 0.25) is 0 Å². The number of aryl methyl sites for hydroxylation is 10. The molecule has 0 N–H and O–H groups in total. The summed E-state index contributed by atoms with van der Waals surface area (Å²) in [6.45, 7) is 50.2. The van der Waals surface area contributed by atoms with Crippen LogP contribution in [-0.4, -0.2) is 68.3 Å². The van der Waals surface area contributed by atoms with Crippen LogP contribution in [0.4, 0.5) is 0 Å². The highest BCUT2D eigenvalue weighted by atomic mass is 15.4. The summed E-state index contributed by atoms with van der Waals surface area (Å²) in [6, 6.07) is 20.1. The van der Waals surface area contributed by atoms with E-state index in [2.05, 4.69) is 70.8 Å². The first-order chi connectivity index (χ1) is 41.4. The minimum absolute atomic E-state index is 0.919. The van der Waals surface area contributed by atoms with Crippen molar-refractivity contribution in [1.82, 2.24) is 68.3 Å². The molecule has 470 valence electrons. The van der Waals surface area contributed by atoms with E-state index in [1.807, 2.05) is 309 Å². The van der Waals surface area contributed by atoms with E-state index in [1.54, 1.807) is 81.7 Å². The van der Waals surface area contributed by atoms with Gasteiger partial charge < -0.3 is 0 Å². The second-order valence-electron chi connectivity index (χ2n) is 14.9. The number of rotatable bonds is 5. The third-order valence-corrected chi connectivity index (χ3v) is 10.0. The minimum atomic E-state index is 0.919. The Hall–Kier alpha value is -8.48. The lowest BCUT2D eigenvalue weighted by atomic mass is 10.2. The monoisotopic (exact) mass is 1170 g/mol. The molecular weight excluding hydrogens is 1060 g/mol. The molecule has 19 heteroatoms. The van der Waals surface area contributed by atoms with Crippen LogP contribution in [0.1, 0.15) is 166 Å². The van der Waals surface area contributed by atoms with Crippen LogP contribution in [0.25, 0.3) is 28.6 Å². The van der Waals surface area contributed by atoms with E-state index in [4.69, 9.17) is 0 Å². The number of aromatic nitrogens is 19. The Morgan fingerprint density at radius 3 is 0.965 bits per heavy atom. The molecule has 0 amide bonds. The number of pyridine rings is 4. The zero-order valence-electron chi connectivity index (χ0n) is 58.5. The number of nitrogens with zero attached hydrogens (tertiary/aromatic N) is 19. The Bertz CT molecular complexity index is 2580. The average molecular weight is 1180 g/mol. The fraction of sp³-hybridized carbons (Fsp3) is 0.455. The highest BCUT2D eigenvalue weighted by Crippen LogP contribution is 2.11. The maximum absolute atomic E-state index is 4.28. The smallest absolute Gasteiger partial charge is 0.264 e. The van der Waals surface area contributed by atoms with Gasteiger partial charge in [0.1, 0.15) is 46.6 Å². The van der Waals surface area contributed by atoms with Crippen molar-refractivity contribution in [2.24, 2.45) is 35.2 Å². The predicted octanol–water partition coefficient (Wildman–Crippen LogP) is 12.9. The average Bonchev–Trinajstić information content (AvgIpc) is 4.60. The van der Waals surface area contributed by atoms with Crippen molar-refractivity contribution in [3.8, 4) is 28.6 Å². The summed E-state index contributed by atoms with van der Waals surface area (Å²) < 4.78 is 19.3. The molecule has 10 rings (SSSR count). The Kier molecular flexibility index (Phi) is 56.2. The highest BCUT2D eigenvalue weighted by Gasteiger charge is 2.11. The van der Waals surface area contributed by atoms with Gasteiger partial charge in [-0.15, -0.1) is 23.4 Å². The fourth-order valence-electron chi connectivity index (χ4n) is 6.44. The van der Waals surface area contributed by atoms with Crippen LogP contribution in [0.15, 0.2) is 161 Å². The second kappa shape index (κ2) is 56.0. The van der Waals surface area contributed by atoms with Crippen molar-refractivity contribution in [1.29, 1.82) is 0 Å². The molecule has 19 nitrogen and oxygen atoms in total. The minimum Gasteiger partial charge on any atom is -0.264 e. The molecule has 0 saturated carbocycles. The normalized spacial score (nSPS) is 8.59. The third kappa shape index (κ3) is 30.1. The lowest BCUT2D eigenvalue weighted by Crippen LogP contribution is -2.37. The molecule has 0 spiro atoms. The summed E-state index contributed by atoms with van der Waals surface area (Å²) in [5.74, 6) is 0.919. The van der Waals surface area contributed by atoms with E-state index in [1.165, 1.54) is 16.8 Å². The SMILES string of the molecule is CC.CC.CC.CC.CC.CC.CC.CC.CC.CC.Cc1ccccc1-n1cnc[n+]1C.Cc1cccnc1-n1cnc[n+]1C.Cc1ccncc1-n1cnc[n+]1C.Cc1cnccc1-n1cnc[n+]1C.Cc1ncccc1-n1cnc[n+]1C. The summed E-state index contributed by atoms with van der Waals surface area (Å²) in [7, 11) is 9.74. The van der Waals surface area contributed by atoms with Crippen molar-refractivity contribution in [2.75, 3.05) is 0 Å². The standard InChI is InChI=1S/C10H12N3.4C9H11N4.10C2H6/c1-9-5-3-4-6-10(9)13-8-11-7-12(13)2;1-8-5-10-4-3-9(8)13-7-11-6-12(13)2;1-8-3-4-10-5-9(8)13-7-11-6-12(13)2;1-8-9(4-3-5-11-8)13-7-10-6-12(13)2;1-8-4-3-5-11-9(8)13-7-10-6-12(13)2;10*1-2/h3-8H,1-2H3;4*3-7H,1-2H3;10*1-2H3/q5*+1;;;;;;;;;;. The van der Waals surface area contributed by atoms with E-state index in [0.717, 1.165) is 39.7 Å². The Morgan fingerprint density at radius 1 is 0.271 bits per heavy atom. The summed E-state index contributed by atoms with van der Waals surface area (Å²) in [4.78, 5) is 36.8. The molecule has 0 bridgehead atoms. The van der Waals surface area contributed by atoms with Gasteiger partial charge in [0.15, 0.2) is 5.82 Å². The predicted molar refractivity (Wildman–Crippen MR) is 352 cm³/mol. The maximum Gasteiger partial charge on any atom is 0.306 e.